The van der Waals surface area contributed by atoms with Crippen LogP contribution in [0.2, 0.25) is 10.0 Å². The average molecular weight is 337 g/mol. The van der Waals surface area contributed by atoms with Crippen molar-refractivity contribution in [1.29, 1.82) is 0 Å². The van der Waals surface area contributed by atoms with Gasteiger partial charge in [0.15, 0.2) is 5.82 Å². The summed E-state index contributed by atoms with van der Waals surface area (Å²) in [5, 5.41) is 0.930. The summed E-state index contributed by atoms with van der Waals surface area (Å²) in [6, 6.07) is 5.40. The molecule has 1 aromatic heterocycles. The molecular weight excluding hydrogens is 319 g/mol. The maximum atomic E-state index is 6.24. The van der Waals surface area contributed by atoms with Gasteiger partial charge in [-0.3, -0.25) is 0 Å². The van der Waals surface area contributed by atoms with Crippen LogP contribution in [0.25, 0.3) is 11.3 Å². The molecule has 6 heteroatoms. The van der Waals surface area contributed by atoms with Crippen molar-refractivity contribution in [3.8, 4) is 11.3 Å². The molecule has 0 radical (unpaired) electrons. The third-order valence-corrected chi connectivity index (χ3v) is 4.92. The topological polar surface area (TPSA) is 55.0 Å². The monoisotopic (exact) mass is 336 g/mol. The lowest BCUT2D eigenvalue weighted by Crippen LogP contribution is -2.33. The number of nitrogens with zero attached hydrogens (tertiary/aromatic N) is 3. The zero-order valence-electron chi connectivity index (χ0n) is 12.4. The molecule has 4 nitrogen and oxygen atoms in total. The van der Waals surface area contributed by atoms with Crippen LogP contribution in [0, 0.1) is 5.92 Å². The van der Waals surface area contributed by atoms with E-state index in [0.717, 1.165) is 24.8 Å². The van der Waals surface area contributed by atoms with Gasteiger partial charge in [0.05, 0.1) is 16.2 Å². The van der Waals surface area contributed by atoms with E-state index < -0.39 is 0 Å². The lowest BCUT2D eigenvalue weighted by Gasteiger charge is -2.31. The van der Waals surface area contributed by atoms with Gasteiger partial charge in [0.1, 0.15) is 11.5 Å². The van der Waals surface area contributed by atoms with E-state index in [0.29, 0.717) is 27.1 Å². The molecule has 0 bridgehead atoms. The van der Waals surface area contributed by atoms with Crippen LogP contribution in [0.1, 0.15) is 19.8 Å². The molecule has 2 aromatic rings. The standard InChI is InChI=1S/C16H18Cl2N4/c1-10-5-7-22(8-6-10)13-9-20-15(16(19)21-13)11-3-2-4-12(17)14(11)18/h2-4,9-10H,5-8H2,1H3,(H2,19,21). The number of halogens is 2. The number of hydrogen-bond donors (Lipinski definition) is 1. The Morgan fingerprint density at radius 1 is 1.23 bits per heavy atom. The number of nitrogen functional groups attached to an aromatic ring is 1. The minimum absolute atomic E-state index is 0.375. The van der Waals surface area contributed by atoms with Crippen LogP contribution in [-0.2, 0) is 0 Å². The van der Waals surface area contributed by atoms with Crippen molar-refractivity contribution in [3.63, 3.8) is 0 Å². The van der Waals surface area contributed by atoms with Crippen molar-refractivity contribution in [2.24, 2.45) is 5.92 Å². The maximum Gasteiger partial charge on any atom is 0.152 e. The van der Waals surface area contributed by atoms with E-state index in [4.69, 9.17) is 28.9 Å². The fraction of sp³-hybridized carbons (Fsp3) is 0.375. The fourth-order valence-electron chi connectivity index (χ4n) is 2.68. The average Bonchev–Trinajstić information content (AvgIpc) is 2.51. The molecule has 22 heavy (non-hydrogen) atoms. The second kappa shape index (κ2) is 6.31. The summed E-state index contributed by atoms with van der Waals surface area (Å²) >= 11 is 12.3. The molecule has 0 spiro atoms. The Balaban J connectivity index is 1.91. The molecular formula is C16H18Cl2N4. The number of benzene rings is 1. The summed E-state index contributed by atoms with van der Waals surface area (Å²) in [6.07, 6.45) is 4.10. The summed E-state index contributed by atoms with van der Waals surface area (Å²) in [5.41, 5.74) is 7.38. The van der Waals surface area contributed by atoms with Gasteiger partial charge < -0.3 is 10.6 Å². The van der Waals surface area contributed by atoms with Crippen LogP contribution in [0.5, 0.6) is 0 Å². The van der Waals surface area contributed by atoms with Crippen LogP contribution < -0.4 is 10.6 Å². The molecule has 3 rings (SSSR count). The van der Waals surface area contributed by atoms with E-state index in [2.05, 4.69) is 21.8 Å². The van der Waals surface area contributed by atoms with Crippen molar-refractivity contribution in [2.75, 3.05) is 23.7 Å². The Morgan fingerprint density at radius 2 is 1.95 bits per heavy atom. The molecule has 0 atom stereocenters. The van der Waals surface area contributed by atoms with Gasteiger partial charge in [-0.25, -0.2) is 9.97 Å². The van der Waals surface area contributed by atoms with E-state index in [1.54, 1.807) is 12.3 Å². The molecule has 0 saturated carbocycles. The molecule has 2 N–H and O–H groups in total. The summed E-state index contributed by atoms with van der Waals surface area (Å²) in [7, 11) is 0. The molecule has 1 aromatic carbocycles. The first-order chi connectivity index (χ1) is 10.6. The summed E-state index contributed by atoms with van der Waals surface area (Å²) in [6.45, 7) is 4.26. The van der Waals surface area contributed by atoms with E-state index >= 15 is 0 Å². The molecule has 0 aliphatic carbocycles. The van der Waals surface area contributed by atoms with Crippen LogP contribution in [0.3, 0.4) is 0 Å². The van der Waals surface area contributed by atoms with Gasteiger partial charge >= 0.3 is 0 Å². The second-order valence-corrected chi connectivity index (χ2v) is 6.52. The zero-order valence-corrected chi connectivity index (χ0v) is 13.9. The van der Waals surface area contributed by atoms with Crippen molar-refractivity contribution >= 4 is 34.8 Å². The molecule has 1 fully saturated rings. The molecule has 1 aliphatic heterocycles. The van der Waals surface area contributed by atoms with E-state index in [1.807, 2.05) is 12.1 Å². The minimum atomic E-state index is 0.375. The van der Waals surface area contributed by atoms with Crippen LogP contribution in [0.4, 0.5) is 11.6 Å². The molecule has 116 valence electrons. The highest BCUT2D eigenvalue weighted by Crippen LogP contribution is 2.35. The van der Waals surface area contributed by atoms with E-state index in [1.165, 1.54) is 12.8 Å². The van der Waals surface area contributed by atoms with Gasteiger partial charge in [-0.1, -0.05) is 42.3 Å². The molecule has 1 saturated heterocycles. The number of rotatable bonds is 2. The van der Waals surface area contributed by atoms with Gasteiger partial charge in [-0.05, 0) is 24.8 Å². The molecule has 2 heterocycles. The van der Waals surface area contributed by atoms with Crippen molar-refractivity contribution in [1.82, 2.24) is 9.97 Å². The highest BCUT2D eigenvalue weighted by molar-refractivity contribution is 6.43. The minimum Gasteiger partial charge on any atom is -0.382 e. The van der Waals surface area contributed by atoms with Crippen molar-refractivity contribution in [2.45, 2.75) is 19.8 Å². The quantitative estimate of drug-likeness (QED) is 0.889. The number of nitrogens with two attached hydrogens (primary N) is 1. The third-order valence-electron chi connectivity index (χ3n) is 4.10. The maximum absolute atomic E-state index is 6.24. The van der Waals surface area contributed by atoms with Crippen molar-refractivity contribution in [3.05, 3.63) is 34.4 Å². The second-order valence-electron chi connectivity index (χ2n) is 5.73. The molecule has 0 unspecified atom stereocenters. The summed E-state index contributed by atoms with van der Waals surface area (Å²) < 4.78 is 0. The number of aromatic nitrogens is 2. The Bertz CT molecular complexity index is 682. The van der Waals surface area contributed by atoms with Gasteiger partial charge in [-0.2, -0.15) is 0 Å². The smallest absolute Gasteiger partial charge is 0.152 e. The predicted molar refractivity (Wildman–Crippen MR) is 92.5 cm³/mol. The number of hydrogen-bond acceptors (Lipinski definition) is 4. The van der Waals surface area contributed by atoms with Gasteiger partial charge in [0.25, 0.3) is 0 Å². The van der Waals surface area contributed by atoms with Crippen LogP contribution in [0.15, 0.2) is 24.4 Å². The third kappa shape index (κ3) is 2.99. The highest BCUT2D eigenvalue weighted by Gasteiger charge is 2.19. The highest BCUT2D eigenvalue weighted by atomic mass is 35.5. The zero-order chi connectivity index (χ0) is 15.7. The van der Waals surface area contributed by atoms with E-state index in [9.17, 15) is 0 Å². The Kier molecular flexibility index (Phi) is 4.41. The summed E-state index contributed by atoms with van der Waals surface area (Å²) in [4.78, 5) is 11.2. The fourth-order valence-corrected chi connectivity index (χ4v) is 3.07. The molecule has 1 aliphatic rings. The summed E-state index contributed by atoms with van der Waals surface area (Å²) in [5.74, 6) is 1.97. The van der Waals surface area contributed by atoms with E-state index in [-0.39, 0.29) is 0 Å². The first-order valence-electron chi connectivity index (χ1n) is 7.38. The molecule has 0 amide bonds. The van der Waals surface area contributed by atoms with Crippen LogP contribution >= 0.6 is 23.2 Å². The van der Waals surface area contributed by atoms with Gasteiger partial charge in [-0.15, -0.1) is 0 Å². The van der Waals surface area contributed by atoms with Crippen LogP contribution in [-0.4, -0.2) is 23.1 Å². The van der Waals surface area contributed by atoms with Crippen molar-refractivity contribution < 1.29 is 0 Å². The van der Waals surface area contributed by atoms with Gasteiger partial charge in [0.2, 0.25) is 0 Å². The Labute approximate surface area is 140 Å². The SMILES string of the molecule is CC1CCN(c2cnc(-c3cccc(Cl)c3Cl)c(N)n2)CC1. The Morgan fingerprint density at radius 3 is 2.64 bits per heavy atom. The Hall–Kier alpha value is -1.52. The lowest BCUT2D eigenvalue weighted by atomic mass is 9.99. The first-order valence-corrected chi connectivity index (χ1v) is 8.13. The van der Waals surface area contributed by atoms with Gasteiger partial charge in [0, 0.05) is 18.7 Å². The predicted octanol–water partition coefficient (Wildman–Crippen LogP) is 4.27. The number of anilines is 2. The normalized spacial score (nSPS) is 16.0. The largest absolute Gasteiger partial charge is 0.382 e. The lowest BCUT2D eigenvalue weighted by molar-refractivity contribution is 0.436. The first kappa shape index (κ1) is 15.4. The number of piperidine rings is 1.